The fraction of sp³-hybridized carbons (Fsp3) is 0.476. The standard InChI is InChI=1S/C21H28O/c1-3-4-5-6-10-15-21(18(2)22)16-13-20(14-17-21)19-11-8-7-9-12-19/h7-9,11-14,16H,3-6,10,15,17H2,1-2H3. The average molecular weight is 296 g/mol. The van der Waals surface area contributed by atoms with Gasteiger partial charge in [0.15, 0.2) is 0 Å². The van der Waals surface area contributed by atoms with E-state index < -0.39 is 0 Å². The second kappa shape index (κ2) is 8.12. The van der Waals surface area contributed by atoms with Gasteiger partial charge in [0.1, 0.15) is 5.78 Å². The lowest BCUT2D eigenvalue weighted by Gasteiger charge is -2.30. The molecule has 0 radical (unpaired) electrons. The van der Waals surface area contributed by atoms with Crippen molar-refractivity contribution in [3.05, 3.63) is 54.1 Å². The summed E-state index contributed by atoms with van der Waals surface area (Å²) in [5.74, 6) is 0.308. The molecule has 1 heteroatoms. The van der Waals surface area contributed by atoms with E-state index in [4.69, 9.17) is 0 Å². The molecule has 0 fully saturated rings. The third-order valence-electron chi connectivity index (χ3n) is 4.80. The Morgan fingerprint density at radius 1 is 1.09 bits per heavy atom. The molecule has 1 aliphatic rings. The molecule has 0 spiro atoms. The van der Waals surface area contributed by atoms with E-state index in [1.807, 2.05) is 6.07 Å². The van der Waals surface area contributed by atoms with E-state index in [1.54, 1.807) is 6.92 Å². The smallest absolute Gasteiger partial charge is 0.140 e. The first-order valence-electron chi connectivity index (χ1n) is 8.64. The molecule has 1 atom stereocenters. The van der Waals surface area contributed by atoms with Gasteiger partial charge in [-0.2, -0.15) is 0 Å². The van der Waals surface area contributed by atoms with Crippen LogP contribution in [0.25, 0.3) is 5.57 Å². The molecule has 0 N–H and O–H groups in total. The molecule has 2 rings (SSSR count). The molecule has 0 aliphatic heterocycles. The zero-order valence-corrected chi connectivity index (χ0v) is 14.0. The number of allylic oxidation sites excluding steroid dienone is 4. The van der Waals surface area contributed by atoms with Crippen molar-refractivity contribution in [2.45, 2.75) is 58.8 Å². The summed E-state index contributed by atoms with van der Waals surface area (Å²) in [7, 11) is 0. The first-order valence-corrected chi connectivity index (χ1v) is 8.64. The minimum absolute atomic E-state index is 0.259. The summed E-state index contributed by atoms with van der Waals surface area (Å²) >= 11 is 0. The van der Waals surface area contributed by atoms with Gasteiger partial charge in [0.05, 0.1) is 5.41 Å². The highest BCUT2D eigenvalue weighted by Crippen LogP contribution is 2.38. The largest absolute Gasteiger partial charge is 0.299 e. The van der Waals surface area contributed by atoms with Crippen LogP contribution in [0.3, 0.4) is 0 Å². The normalized spacial score (nSPS) is 20.7. The predicted octanol–water partition coefficient (Wildman–Crippen LogP) is 5.97. The lowest BCUT2D eigenvalue weighted by Crippen LogP contribution is -2.27. The highest BCUT2D eigenvalue weighted by Gasteiger charge is 2.32. The van der Waals surface area contributed by atoms with Crippen LogP contribution in [-0.4, -0.2) is 5.78 Å². The summed E-state index contributed by atoms with van der Waals surface area (Å²) in [4.78, 5) is 12.2. The number of Topliss-reactive ketones (excluding diaryl/α,β-unsaturated/α-hetero) is 1. The molecule has 0 aromatic heterocycles. The second-order valence-corrected chi connectivity index (χ2v) is 6.44. The number of hydrogen-bond donors (Lipinski definition) is 0. The minimum atomic E-state index is -0.259. The number of carbonyl (C=O) groups excluding carboxylic acids is 1. The molecule has 1 unspecified atom stereocenters. The summed E-state index contributed by atoms with van der Waals surface area (Å²) in [5, 5.41) is 0. The molecular weight excluding hydrogens is 268 g/mol. The van der Waals surface area contributed by atoms with Gasteiger partial charge in [-0.25, -0.2) is 0 Å². The molecule has 1 aliphatic carbocycles. The Morgan fingerprint density at radius 2 is 1.82 bits per heavy atom. The first kappa shape index (κ1) is 16.7. The van der Waals surface area contributed by atoms with Crippen LogP contribution in [0.5, 0.6) is 0 Å². The molecule has 0 bridgehead atoms. The van der Waals surface area contributed by atoms with E-state index in [0.29, 0.717) is 5.78 Å². The van der Waals surface area contributed by atoms with Crippen LogP contribution in [-0.2, 0) is 4.79 Å². The van der Waals surface area contributed by atoms with Gasteiger partial charge < -0.3 is 0 Å². The topological polar surface area (TPSA) is 17.1 Å². The van der Waals surface area contributed by atoms with Crippen LogP contribution in [0, 0.1) is 5.41 Å². The van der Waals surface area contributed by atoms with Gasteiger partial charge in [-0.15, -0.1) is 0 Å². The Morgan fingerprint density at radius 3 is 2.41 bits per heavy atom. The molecule has 0 heterocycles. The van der Waals surface area contributed by atoms with Gasteiger partial charge in [-0.3, -0.25) is 4.79 Å². The quantitative estimate of drug-likeness (QED) is 0.540. The third kappa shape index (κ3) is 4.19. The summed E-state index contributed by atoms with van der Waals surface area (Å²) in [5.41, 5.74) is 2.21. The van der Waals surface area contributed by atoms with Crippen molar-refractivity contribution in [1.29, 1.82) is 0 Å². The molecule has 1 aromatic rings. The van der Waals surface area contributed by atoms with Crippen molar-refractivity contribution in [3.8, 4) is 0 Å². The van der Waals surface area contributed by atoms with Crippen molar-refractivity contribution in [3.63, 3.8) is 0 Å². The Bertz CT molecular complexity index is 538. The highest BCUT2D eigenvalue weighted by molar-refractivity contribution is 5.87. The number of benzene rings is 1. The lowest BCUT2D eigenvalue weighted by atomic mass is 9.72. The number of ketones is 1. The number of carbonyl (C=O) groups is 1. The van der Waals surface area contributed by atoms with Gasteiger partial charge in [0.25, 0.3) is 0 Å². The van der Waals surface area contributed by atoms with E-state index in [-0.39, 0.29) is 5.41 Å². The summed E-state index contributed by atoms with van der Waals surface area (Å²) in [6, 6.07) is 10.4. The van der Waals surface area contributed by atoms with Crippen LogP contribution >= 0.6 is 0 Å². The monoisotopic (exact) mass is 296 g/mol. The molecule has 0 saturated carbocycles. The van der Waals surface area contributed by atoms with E-state index in [1.165, 1.54) is 36.8 Å². The van der Waals surface area contributed by atoms with Crippen LogP contribution < -0.4 is 0 Å². The summed E-state index contributed by atoms with van der Waals surface area (Å²) in [6.07, 6.45) is 14.6. The van der Waals surface area contributed by atoms with Crippen LogP contribution in [0.15, 0.2) is 48.6 Å². The van der Waals surface area contributed by atoms with Crippen LogP contribution in [0.2, 0.25) is 0 Å². The van der Waals surface area contributed by atoms with Crippen molar-refractivity contribution in [1.82, 2.24) is 0 Å². The van der Waals surface area contributed by atoms with E-state index in [2.05, 4.69) is 49.4 Å². The molecule has 22 heavy (non-hydrogen) atoms. The SMILES string of the molecule is CCCCCCCC1(C(C)=O)C=CC(c2ccccc2)=CC1. The maximum absolute atomic E-state index is 12.2. The van der Waals surface area contributed by atoms with Gasteiger partial charge >= 0.3 is 0 Å². The maximum Gasteiger partial charge on any atom is 0.140 e. The first-order chi connectivity index (χ1) is 10.7. The third-order valence-corrected chi connectivity index (χ3v) is 4.80. The Kier molecular flexibility index (Phi) is 6.18. The number of hydrogen-bond acceptors (Lipinski definition) is 1. The van der Waals surface area contributed by atoms with Crippen molar-refractivity contribution < 1.29 is 4.79 Å². The van der Waals surface area contributed by atoms with Crippen molar-refractivity contribution in [2.24, 2.45) is 5.41 Å². The fourth-order valence-electron chi connectivity index (χ4n) is 3.19. The van der Waals surface area contributed by atoms with Crippen molar-refractivity contribution >= 4 is 11.4 Å². The second-order valence-electron chi connectivity index (χ2n) is 6.44. The van der Waals surface area contributed by atoms with E-state index in [0.717, 1.165) is 19.3 Å². The zero-order valence-electron chi connectivity index (χ0n) is 14.0. The van der Waals surface area contributed by atoms with E-state index >= 15 is 0 Å². The van der Waals surface area contributed by atoms with E-state index in [9.17, 15) is 4.79 Å². The molecule has 1 aromatic carbocycles. The fourth-order valence-corrected chi connectivity index (χ4v) is 3.19. The predicted molar refractivity (Wildman–Crippen MR) is 94.7 cm³/mol. The highest BCUT2D eigenvalue weighted by atomic mass is 16.1. The Balaban J connectivity index is 1.99. The average Bonchev–Trinajstić information content (AvgIpc) is 2.56. The summed E-state index contributed by atoms with van der Waals surface area (Å²) in [6.45, 7) is 3.98. The Labute approximate surface area is 135 Å². The number of rotatable bonds is 8. The van der Waals surface area contributed by atoms with Crippen LogP contribution in [0.4, 0.5) is 0 Å². The molecule has 0 amide bonds. The van der Waals surface area contributed by atoms with Gasteiger partial charge in [0.2, 0.25) is 0 Å². The Hall–Kier alpha value is -1.63. The molecule has 1 nitrogen and oxygen atoms in total. The lowest BCUT2D eigenvalue weighted by molar-refractivity contribution is -0.124. The minimum Gasteiger partial charge on any atom is -0.299 e. The summed E-state index contributed by atoms with van der Waals surface area (Å²) < 4.78 is 0. The van der Waals surface area contributed by atoms with Gasteiger partial charge in [-0.05, 0) is 30.9 Å². The van der Waals surface area contributed by atoms with Gasteiger partial charge in [-0.1, -0.05) is 87.6 Å². The van der Waals surface area contributed by atoms with Crippen molar-refractivity contribution in [2.75, 3.05) is 0 Å². The molecule has 0 saturated heterocycles. The van der Waals surface area contributed by atoms with Gasteiger partial charge in [0, 0.05) is 0 Å². The molecular formula is C21H28O. The molecule has 118 valence electrons. The zero-order chi connectivity index (χ0) is 15.8. The number of unbranched alkanes of at least 4 members (excludes halogenated alkanes) is 4. The maximum atomic E-state index is 12.2. The van der Waals surface area contributed by atoms with Crippen LogP contribution in [0.1, 0.15) is 64.4 Å².